The second-order valence-corrected chi connectivity index (χ2v) is 5.54. The molecule has 2 bridgehead atoms. The van der Waals surface area contributed by atoms with E-state index < -0.39 is 11.4 Å². The molecule has 2 fully saturated rings. The molecule has 2 saturated heterocycles. The number of hydrogen-bond acceptors (Lipinski definition) is 4. The number of halogens is 1. The number of aromatic nitrogens is 1. The first-order valence-corrected chi connectivity index (χ1v) is 6.75. The van der Waals surface area contributed by atoms with E-state index in [9.17, 15) is 14.3 Å². The maximum absolute atomic E-state index is 13.9. The van der Waals surface area contributed by atoms with Gasteiger partial charge in [0.05, 0.1) is 7.11 Å². The van der Waals surface area contributed by atoms with Crippen molar-refractivity contribution >= 4 is 6.09 Å². The highest BCUT2D eigenvalue weighted by Gasteiger charge is 2.51. The number of methoxy groups -OCH3 is 1. The van der Waals surface area contributed by atoms with E-state index in [1.165, 1.54) is 25.4 Å². The molecular formula is C14H17FN2O3. The predicted octanol–water partition coefficient (Wildman–Crippen LogP) is 1.80. The Morgan fingerprint density at radius 3 is 2.70 bits per heavy atom. The second-order valence-electron chi connectivity index (χ2n) is 5.54. The van der Waals surface area contributed by atoms with Crippen molar-refractivity contribution in [2.75, 3.05) is 7.11 Å². The topological polar surface area (TPSA) is 62.7 Å². The quantitative estimate of drug-likeness (QED) is 0.852. The molecule has 3 rings (SSSR count). The Hall–Kier alpha value is -1.69. The molecule has 6 heteroatoms. The lowest BCUT2D eigenvalue weighted by molar-refractivity contribution is -0.0562. The Morgan fingerprint density at radius 1 is 1.50 bits per heavy atom. The van der Waals surface area contributed by atoms with Gasteiger partial charge in [0.2, 0.25) is 0 Å². The van der Waals surface area contributed by atoms with Crippen LogP contribution in [-0.2, 0) is 10.3 Å². The van der Waals surface area contributed by atoms with Crippen molar-refractivity contribution in [1.82, 2.24) is 9.88 Å². The first-order valence-electron chi connectivity index (χ1n) is 6.75. The zero-order valence-electron chi connectivity index (χ0n) is 11.3. The third-order valence-corrected chi connectivity index (χ3v) is 4.35. The van der Waals surface area contributed by atoms with E-state index >= 15 is 0 Å². The van der Waals surface area contributed by atoms with Crippen molar-refractivity contribution in [2.45, 2.75) is 43.4 Å². The molecule has 20 heavy (non-hydrogen) atoms. The van der Waals surface area contributed by atoms with E-state index in [1.807, 2.05) is 0 Å². The van der Waals surface area contributed by atoms with Gasteiger partial charge in [0.1, 0.15) is 17.1 Å². The van der Waals surface area contributed by atoms with Gasteiger partial charge in [-0.2, -0.15) is 0 Å². The summed E-state index contributed by atoms with van der Waals surface area (Å²) in [6.07, 6.45) is 3.30. The van der Waals surface area contributed by atoms with Gasteiger partial charge in [-0.15, -0.1) is 0 Å². The maximum Gasteiger partial charge on any atom is 0.409 e. The molecule has 0 aromatic carbocycles. The summed E-state index contributed by atoms with van der Waals surface area (Å²) in [4.78, 5) is 17.5. The maximum atomic E-state index is 13.9. The van der Waals surface area contributed by atoms with Crippen molar-refractivity contribution in [2.24, 2.45) is 0 Å². The summed E-state index contributed by atoms with van der Waals surface area (Å²) in [5.74, 6) is -0.499. The number of rotatable bonds is 1. The zero-order chi connectivity index (χ0) is 14.3. The minimum atomic E-state index is -1.30. The third-order valence-electron chi connectivity index (χ3n) is 4.35. The van der Waals surface area contributed by atoms with Crippen LogP contribution in [-0.4, -0.2) is 40.3 Å². The van der Waals surface area contributed by atoms with Gasteiger partial charge >= 0.3 is 6.09 Å². The first kappa shape index (κ1) is 13.3. The van der Waals surface area contributed by atoms with Crippen LogP contribution in [0.5, 0.6) is 0 Å². The second kappa shape index (κ2) is 4.70. The number of amides is 1. The van der Waals surface area contributed by atoms with Crippen molar-refractivity contribution in [3.63, 3.8) is 0 Å². The number of piperidine rings is 1. The smallest absolute Gasteiger partial charge is 0.409 e. The van der Waals surface area contributed by atoms with E-state index in [0.29, 0.717) is 12.8 Å². The number of pyridine rings is 1. The number of aliphatic hydroxyl groups is 1. The highest BCUT2D eigenvalue weighted by atomic mass is 19.1. The summed E-state index contributed by atoms with van der Waals surface area (Å²) in [5.41, 5.74) is -1.22. The molecule has 0 spiro atoms. The fraction of sp³-hybridized carbons (Fsp3) is 0.571. The lowest BCUT2D eigenvalue weighted by Crippen LogP contribution is -2.52. The molecule has 1 N–H and O–H groups in total. The van der Waals surface area contributed by atoms with Crippen molar-refractivity contribution in [1.29, 1.82) is 0 Å². The Kier molecular flexibility index (Phi) is 3.12. The van der Waals surface area contributed by atoms with Crippen LogP contribution in [0.3, 0.4) is 0 Å². The molecule has 0 saturated carbocycles. The highest BCUT2D eigenvalue weighted by molar-refractivity contribution is 5.69. The molecule has 0 radical (unpaired) electrons. The fourth-order valence-electron chi connectivity index (χ4n) is 3.55. The van der Waals surface area contributed by atoms with Gasteiger partial charge in [-0.05, 0) is 25.0 Å². The SMILES string of the molecule is COC(=O)N1C2CCC1CC(O)(c1ncccc1F)C2. The number of nitrogens with zero attached hydrogens (tertiary/aromatic N) is 2. The van der Waals surface area contributed by atoms with Crippen LogP contribution in [0, 0.1) is 5.82 Å². The molecule has 2 unspecified atom stereocenters. The molecule has 1 aromatic heterocycles. The lowest BCUT2D eigenvalue weighted by atomic mass is 9.83. The van der Waals surface area contributed by atoms with Crippen molar-refractivity contribution < 1.29 is 19.0 Å². The molecule has 2 atom stereocenters. The van der Waals surface area contributed by atoms with Gasteiger partial charge in [-0.25, -0.2) is 9.18 Å². The Morgan fingerprint density at radius 2 is 2.15 bits per heavy atom. The molecule has 0 aliphatic carbocycles. The van der Waals surface area contributed by atoms with Crippen LogP contribution in [0.1, 0.15) is 31.4 Å². The summed E-state index contributed by atoms with van der Waals surface area (Å²) >= 11 is 0. The summed E-state index contributed by atoms with van der Waals surface area (Å²) < 4.78 is 18.7. The Balaban J connectivity index is 1.90. The number of ether oxygens (including phenoxy) is 1. The number of carbonyl (C=O) groups is 1. The van der Waals surface area contributed by atoms with E-state index in [2.05, 4.69) is 4.98 Å². The minimum absolute atomic E-state index is 0.0846. The van der Waals surface area contributed by atoms with Crippen LogP contribution in [0.2, 0.25) is 0 Å². The van der Waals surface area contributed by atoms with E-state index in [1.54, 1.807) is 4.90 Å². The molecule has 1 aromatic rings. The van der Waals surface area contributed by atoms with Gasteiger partial charge < -0.3 is 14.7 Å². The van der Waals surface area contributed by atoms with E-state index in [4.69, 9.17) is 4.74 Å². The zero-order valence-corrected chi connectivity index (χ0v) is 11.3. The van der Waals surface area contributed by atoms with Gasteiger partial charge in [0, 0.05) is 31.1 Å². The summed E-state index contributed by atoms with van der Waals surface area (Å²) in [5, 5.41) is 10.8. The number of hydrogen-bond donors (Lipinski definition) is 1. The van der Waals surface area contributed by atoms with Crippen LogP contribution in [0.25, 0.3) is 0 Å². The number of carbonyl (C=O) groups excluding carboxylic acids is 1. The third kappa shape index (κ3) is 1.95. The summed E-state index contributed by atoms with van der Waals surface area (Å²) in [6, 6.07) is 2.56. The molecule has 108 valence electrons. The van der Waals surface area contributed by atoms with Crippen LogP contribution >= 0.6 is 0 Å². The standard InChI is InChI=1S/C14H17FN2O3/c1-20-13(18)17-9-4-5-10(17)8-14(19,7-9)12-11(15)3-2-6-16-12/h2-3,6,9-10,19H,4-5,7-8H2,1H3. The highest BCUT2D eigenvalue weighted by Crippen LogP contribution is 2.45. The monoisotopic (exact) mass is 280 g/mol. The normalized spacial score (nSPS) is 32.2. The van der Waals surface area contributed by atoms with Crippen molar-refractivity contribution in [3.05, 3.63) is 29.8 Å². The van der Waals surface area contributed by atoms with Crippen LogP contribution < -0.4 is 0 Å². The Bertz CT molecular complexity index is 523. The number of fused-ring (bicyclic) bond motifs is 2. The van der Waals surface area contributed by atoms with Gasteiger partial charge in [0.25, 0.3) is 0 Å². The van der Waals surface area contributed by atoms with E-state index in [0.717, 1.165) is 12.8 Å². The molecular weight excluding hydrogens is 263 g/mol. The van der Waals surface area contributed by atoms with Crippen molar-refractivity contribution in [3.8, 4) is 0 Å². The van der Waals surface area contributed by atoms with Crippen LogP contribution in [0.4, 0.5) is 9.18 Å². The van der Waals surface area contributed by atoms with E-state index in [-0.39, 0.29) is 23.9 Å². The average molecular weight is 280 g/mol. The molecule has 3 heterocycles. The molecule has 2 aliphatic heterocycles. The largest absolute Gasteiger partial charge is 0.453 e. The first-order chi connectivity index (χ1) is 9.55. The average Bonchev–Trinajstić information content (AvgIpc) is 2.71. The van der Waals surface area contributed by atoms with Crippen LogP contribution in [0.15, 0.2) is 18.3 Å². The minimum Gasteiger partial charge on any atom is -0.453 e. The van der Waals surface area contributed by atoms with Gasteiger partial charge in [-0.1, -0.05) is 0 Å². The fourth-order valence-corrected chi connectivity index (χ4v) is 3.55. The lowest BCUT2D eigenvalue weighted by Gasteiger charge is -2.42. The Labute approximate surface area is 116 Å². The van der Waals surface area contributed by atoms with Gasteiger partial charge in [-0.3, -0.25) is 4.98 Å². The summed E-state index contributed by atoms with van der Waals surface area (Å²) in [7, 11) is 1.35. The molecule has 5 nitrogen and oxygen atoms in total. The molecule has 1 amide bonds. The molecule has 2 aliphatic rings. The van der Waals surface area contributed by atoms with Gasteiger partial charge in [0.15, 0.2) is 0 Å². The summed E-state index contributed by atoms with van der Waals surface area (Å²) in [6.45, 7) is 0. The predicted molar refractivity (Wildman–Crippen MR) is 68.4 cm³/mol.